The molecule has 1 heterocycles. The number of nitrogens with zero attached hydrogens (tertiary/aromatic N) is 1. The van der Waals surface area contributed by atoms with Gasteiger partial charge in [-0.2, -0.15) is 26.3 Å². The SMILES string of the molecule is O=C(Nc1ccccc1SC[C@@H](O)COc1ccc(C(F)(F)F)cn1)c1cccc(C(F)(F)F)c1. The molecule has 0 bridgehead atoms. The summed E-state index contributed by atoms with van der Waals surface area (Å²) < 4.78 is 81.7. The average Bonchev–Trinajstić information content (AvgIpc) is 2.81. The van der Waals surface area contributed by atoms with E-state index in [4.69, 9.17) is 4.74 Å². The second-order valence-corrected chi connectivity index (χ2v) is 8.25. The smallest absolute Gasteiger partial charge is 0.417 e. The van der Waals surface area contributed by atoms with E-state index in [0.717, 1.165) is 42.1 Å². The van der Waals surface area contributed by atoms with Crippen LogP contribution in [0.15, 0.2) is 71.8 Å². The first-order valence-electron chi connectivity index (χ1n) is 9.98. The number of halogens is 6. The predicted molar refractivity (Wildman–Crippen MR) is 117 cm³/mol. The normalized spacial score (nSPS) is 12.8. The first-order valence-corrected chi connectivity index (χ1v) is 11.0. The second kappa shape index (κ2) is 11.0. The maximum Gasteiger partial charge on any atom is 0.417 e. The minimum absolute atomic E-state index is 0.0872. The van der Waals surface area contributed by atoms with Gasteiger partial charge in [-0.1, -0.05) is 18.2 Å². The number of para-hydroxylation sites is 1. The molecule has 1 atom stereocenters. The molecule has 0 aliphatic rings. The molecule has 2 aromatic carbocycles. The summed E-state index contributed by atoms with van der Waals surface area (Å²) in [6.07, 6.45) is -9.51. The average molecular weight is 516 g/mol. The van der Waals surface area contributed by atoms with Crippen molar-refractivity contribution >= 4 is 23.4 Å². The fourth-order valence-electron chi connectivity index (χ4n) is 2.78. The lowest BCUT2D eigenvalue weighted by Gasteiger charge is -2.15. The van der Waals surface area contributed by atoms with Crippen molar-refractivity contribution in [3.63, 3.8) is 0 Å². The Labute approximate surface area is 200 Å². The predicted octanol–water partition coefficient (Wildman–Crippen LogP) is 5.90. The highest BCUT2D eigenvalue weighted by molar-refractivity contribution is 7.99. The van der Waals surface area contributed by atoms with Crippen LogP contribution >= 0.6 is 11.8 Å². The molecular weight excluding hydrogens is 498 g/mol. The Balaban J connectivity index is 1.57. The van der Waals surface area contributed by atoms with Gasteiger partial charge >= 0.3 is 12.4 Å². The van der Waals surface area contributed by atoms with Crippen LogP contribution in [0.25, 0.3) is 0 Å². The number of thioether (sulfide) groups is 1. The van der Waals surface area contributed by atoms with Crippen molar-refractivity contribution in [2.45, 2.75) is 23.4 Å². The molecule has 186 valence electrons. The lowest BCUT2D eigenvalue weighted by Crippen LogP contribution is -2.20. The largest absolute Gasteiger partial charge is 0.475 e. The van der Waals surface area contributed by atoms with Gasteiger partial charge < -0.3 is 15.2 Å². The van der Waals surface area contributed by atoms with E-state index in [1.807, 2.05) is 0 Å². The maximum atomic E-state index is 12.9. The molecular formula is C23H18F6N2O3S. The zero-order chi connectivity index (χ0) is 25.6. The third-order valence-corrected chi connectivity index (χ3v) is 5.72. The number of benzene rings is 2. The van der Waals surface area contributed by atoms with E-state index in [0.29, 0.717) is 16.8 Å². The molecule has 0 radical (unpaired) electrons. The van der Waals surface area contributed by atoms with Gasteiger partial charge in [0.15, 0.2) is 0 Å². The Bertz CT molecular complexity index is 1150. The Morgan fingerprint density at radius 1 is 0.971 bits per heavy atom. The fourth-order valence-corrected chi connectivity index (χ4v) is 3.69. The van der Waals surface area contributed by atoms with E-state index >= 15 is 0 Å². The minimum atomic E-state index is -4.59. The van der Waals surface area contributed by atoms with Crippen LogP contribution in [0.5, 0.6) is 5.88 Å². The van der Waals surface area contributed by atoms with Gasteiger partial charge in [0.25, 0.3) is 5.91 Å². The highest BCUT2D eigenvalue weighted by Gasteiger charge is 2.31. The quantitative estimate of drug-likeness (QED) is 0.288. The number of anilines is 1. The molecule has 12 heteroatoms. The molecule has 0 saturated heterocycles. The first kappa shape index (κ1) is 26.4. The number of aliphatic hydroxyl groups is 1. The number of alkyl halides is 6. The van der Waals surface area contributed by atoms with Crippen LogP contribution in [0.4, 0.5) is 32.0 Å². The van der Waals surface area contributed by atoms with E-state index in [1.54, 1.807) is 24.3 Å². The van der Waals surface area contributed by atoms with Gasteiger partial charge in [0, 0.05) is 28.5 Å². The number of ether oxygens (including phenoxy) is 1. The molecule has 1 amide bonds. The molecule has 0 unspecified atom stereocenters. The Morgan fingerprint density at radius 3 is 2.34 bits per heavy atom. The van der Waals surface area contributed by atoms with E-state index in [9.17, 15) is 36.2 Å². The molecule has 0 saturated carbocycles. The number of nitrogens with one attached hydrogen (secondary N) is 1. The lowest BCUT2D eigenvalue weighted by molar-refractivity contribution is -0.138. The third kappa shape index (κ3) is 7.62. The van der Waals surface area contributed by atoms with Crippen LogP contribution in [-0.2, 0) is 12.4 Å². The molecule has 3 aromatic rings. The van der Waals surface area contributed by atoms with Crippen molar-refractivity contribution in [3.05, 3.63) is 83.6 Å². The van der Waals surface area contributed by atoms with Gasteiger partial charge in [-0.25, -0.2) is 4.98 Å². The molecule has 5 nitrogen and oxygen atoms in total. The van der Waals surface area contributed by atoms with Crippen molar-refractivity contribution in [1.82, 2.24) is 4.98 Å². The molecule has 35 heavy (non-hydrogen) atoms. The highest BCUT2D eigenvalue weighted by Crippen LogP contribution is 2.31. The van der Waals surface area contributed by atoms with Crippen molar-refractivity contribution in [3.8, 4) is 5.88 Å². The number of hydrogen-bond acceptors (Lipinski definition) is 5. The summed E-state index contributed by atoms with van der Waals surface area (Å²) in [5, 5.41) is 12.7. The fraction of sp³-hybridized carbons (Fsp3) is 0.217. The van der Waals surface area contributed by atoms with Gasteiger partial charge in [-0.3, -0.25) is 4.79 Å². The van der Waals surface area contributed by atoms with Crippen LogP contribution in [0, 0.1) is 0 Å². The van der Waals surface area contributed by atoms with Gasteiger partial charge in [0.2, 0.25) is 5.88 Å². The van der Waals surface area contributed by atoms with Crippen molar-refractivity contribution in [1.29, 1.82) is 0 Å². The van der Waals surface area contributed by atoms with Crippen LogP contribution < -0.4 is 10.1 Å². The highest BCUT2D eigenvalue weighted by atomic mass is 32.2. The summed E-state index contributed by atoms with van der Waals surface area (Å²) in [6.45, 7) is -0.246. The molecule has 0 spiro atoms. The summed E-state index contributed by atoms with van der Waals surface area (Å²) in [7, 11) is 0. The molecule has 0 aliphatic carbocycles. The van der Waals surface area contributed by atoms with E-state index < -0.39 is 35.5 Å². The number of rotatable bonds is 8. The number of carbonyl (C=O) groups is 1. The zero-order valence-electron chi connectivity index (χ0n) is 17.7. The number of carbonyl (C=O) groups excluding carboxylic acids is 1. The van der Waals surface area contributed by atoms with Gasteiger partial charge in [0.1, 0.15) is 6.61 Å². The molecule has 0 fully saturated rings. The number of pyridine rings is 1. The number of hydrogen-bond donors (Lipinski definition) is 2. The van der Waals surface area contributed by atoms with Crippen LogP contribution in [-0.4, -0.2) is 34.5 Å². The summed E-state index contributed by atoms with van der Waals surface area (Å²) in [6, 6.07) is 12.4. The monoisotopic (exact) mass is 516 g/mol. The Hall–Kier alpha value is -3.25. The van der Waals surface area contributed by atoms with Crippen LogP contribution in [0.1, 0.15) is 21.5 Å². The summed E-state index contributed by atoms with van der Waals surface area (Å²) >= 11 is 1.15. The first-order chi connectivity index (χ1) is 16.4. The van der Waals surface area contributed by atoms with Crippen LogP contribution in [0.2, 0.25) is 0 Å². The van der Waals surface area contributed by atoms with Crippen molar-refractivity contribution < 1.29 is 41.0 Å². The molecule has 2 N–H and O–H groups in total. The van der Waals surface area contributed by atoms with Crippen molar-refractivity contribution in [2.75, 3.05) is 17.7 Å². The van der Waals surface area contributed by atoms with E-state index in [2.05, 4.69) is 10.3 Å². The van der Waals surface area contributed by atoms with Gasteiger partial charge in [0.05, 0.1) is 22.9 Å². The lowest BCUT2D eigenvalue weighted by atomic mass is 10.1. The van der Waals surface area contributed by atoms with E-state index in [1.165, 1.54) is 6.07 Å². The third-order valence-electron chi connectivity index (χ3n) is 4.51. The number of aromatic nitrogens is 1. The van der Waals surface area contributed by atoms with Crippen LogP contribution in [0.3, 0.4) is 0 Å². The number of amides is 1. The second-order valence-electron chi connectivity index (χ2n) is 7.19. The molecule has 3 rings (SSSR count). The van der Waals surface area contributed by atoms with Crippen molar-refractivity contribution in [2.24, 2.45) is 0 Å². The summed E-state index contributed by atoms with van der Waals surface area (Å²) in [4.78, 5) is 16.6. The zero-order valence-corrected chi connectivity index (χ0v) is 18.5. The number of aliphatic hydroxyl groups excluding tert-OH is 1. The summed E-state index contributed by atoms with van der Waals surface area (Å²) in [5.74, 6) is -0.728. The Morgan fingerprint density at radius 2 is 1.69 bits per heavy atom. The molecule has 1 aromatic heterocycles. The Kier molecular flexibility index (Phi) is 8.28. The van der Waals surface area contributed by atoms with Gasteiger partial charge in [-0.05, 0) is 36.4 Å². The topological polar surface area (TPSA) is 71.5 Å². The van der Waals surface area contributed by atoms with Gasteiger partial charge in [-0.15, -0.1) is 11.8 Å². The summed E-state index contributed by atoms with van der Waals surface area (Å²) in [5.41, 5.74) is -1.71. The standard InChI is InChI=1S/C23H18F6N2O3S/c24-22(25,26)15-5-3-4-14(10-15)21(33)31-18-6-1-2-7-19(18)35-13-17(32)12-34-20-9-8-16(11-30-20)23(27,28)29/h1-11,17,32H,12-13H2,(H,31,33)/t17-/m0/s1. The maximum absolute atomic E-state index is 12.9. The van der Waals surface area contributed by atoms with E-state index in [-0.39, 0.29) is 23.8 Å². The minimum Gasteiger partial charge on any atom is -0.475 e. The molecule has 0 aliphatic heterocycles.